The van der Waals surface area contributed by atoms with Crippen LogP contribution in [0.3, 0.4) is 0 Å². The smallest absolute Gasteiger partial charge is 0.0622 e. The van der Waals surface area contributed by atoms with Crippen molar-refractivity contribution < 1.29 is 6.85 Å². The average molecular weight is 267 g/mol. The molecule has 0 aliphatic carbocycles. The molecule has 0 saturated heterocycles. The van der Waals surface area contributed by atoms with Crippen LogP contribution in [-0.2, 0) is 0 Å². The summed E-state index contributed by atoms with van der Waals surface area (Å²) in [5.74, 6) is 0. The van der Waals surface area contributed by atoms with Crippen molar-refractivity contribution in [2.24, 2.45) is 0 Å². The Hall–Kier alpha value is -1.91. The highest BCUT2D eigenvalue weighted by atomic mass is 31.1. The van der Waals surface area contributed by atoms with Gasteiger partial charge in [-0.05, 0) is 23.8 Å². The second-order valence-corrected chi connectivity index (χ2v) is 6.13. The molecule has 0 unspecified atom stereocenters. The molecule has 0 radical (unpaired) electrons. The third-order valence-electron chi connectivity index (χ3n) is 2.74. The molecule has 0 spiro atoms. The summed E-state index contributed by atoms with van der Waals surface area (Å²) in [5.41, 5.74) is 0. The maximum atomic E-state index is 8.31. The first-order valence-electron chi connectivity index (χ1n) is 8.49. The molecule has 3 rings (SSSR count). The maximum Gasteiger partial charge on any atom is 0.0630 e. The van der Waals surface area contributed by atoms with E-state index in [1.54, 1.807) is 0 Å². The Balaban J connectivity index is 2.33. The molecule has 0 heterocycles. The van der Waals surface area contributed by atoms with E-state index in [0.717, 1.165) is 10.6 Å². The van der Waals surface area contributed by atoms with Crippen LogP contribution in [0.2, 0.25) is 0 Å². The van der Waals surface area contributed by atoms with E-state index in [4.69, 9.17) is 6.85 Å². The Bertz CT molecular complexity index is 797. The summed E-state index contributed by atoms with van der Waals surface area (Å²) in [6.07, 6.45) is 0. The number of benzene rings is 3. The predicted molar refractivity (Wildman–Crippen MR) is 85.1 cm³/mol. The van der Waals surface area contributed by atoms with E-state index in [0.29, 0.717) is 5.30 Å². The van der Waals surface area contributed by atoms with Gasteiger partial charge in [-0.1, -0.05) is 90.9 Å². The molecule has 0 saturated carbocycles. The van der Waals surface area contributed by atoms with Crippen LogP contribution in [0.25, 0.3) is 0 Å². The maximum absolute atomic E-state index is 8.31. The lowest BCUT2D eigenvalue weighted by Crippen LogP contribution is -2.20. The fourth-order valence-electron chi connectivity index (χ4n) is 1.92. The van der Waals surface area contributed by atoms with E-state index < -0.39 is 7.92 Å². The zero-order chi connectivity index (χ0) is 17.3. The zero-order valence-electron chi connectivity index (χ0n) is 15.2. The molecule has 0 aliphatic rings. The van der Waals surface area contributed by atoms with Gasteiger partial charge in [0.15, 0.2) is 0 Å². The van der Waals surface area contributed by atoms with E-state index in [2.05, 4.69) is 0 Å². The first-order valence-corrected chi connectivity index (χ1v) is 7.33. The first kappa shape index (κ1) is 7.62. The normalized spacial score (nSPS) is 14.3. The fourth-order valence-corrected chi connectivity index (χ4v) is 4.01. The predicted octanol–water partition coefficient (Wildman–Crippen LogP) is 3.44. The number of rotatable bonds is 3. The third-order valence-corrected chi connectivity index (χ3v) is 5.04. The topological polar surface area (TPSA) is 0 Å². The second kappa shape index (κ2) is 5.82. The van der Waals surface area contributed by atoms with Gasteiger partial charge >= 0.3 is 0 Å². The minimum atomic E-state index is -1.23. The SMILES string of the molecule is [2H]c1c([2H])c([2H])c(P(c2ccccc2)c2ccccc2)c([2H])c1[2H]. The molecule has 0 atom stereocenters. The first-order chi connectivity index (χ1) is 11.5. The van der Waals surface area contributed by atoms with Gasteiger partial charge < -0.3 is 0 Å². The Morgan fingerprint density at radius 3 is 1.53 bits per heavy atom. The Labute approximate surface area is 122 Å². The quantitative estimate of drug-likeness (QED) is 0.638. The second-order valence-electron chi connectivity index (χ2n) is 3.98. The van der Waals surface area contributed by atoms with Crippen LogP contribution in [0.15, 0.2) is 90.9 Å². The standard InChI is InChI=1S/C18H15P/c1-4-10-16(11-5-1)19(17-12-6-2-7-13-17)18-14-8-3-9-15-18/h1-15H/i1D,4D,5D,10D,11D. The molecule has 0 amide bonds. The Kier molecular flexibility index (Phi) is 2.34. The monoisotopic (exact) mass is 267 g/mol. The number of hydrogen-bond acceptors (Lipinski definition) is 0. The average Bonchev–Trinajstić information content (AvgIpc) is 2.63. The molecule has 0 N–H and O–H groups in total. The van der Waals surface area contributed by atoms with Crippen LogP contribution >= 0.6 is 7.92 Å². The van der Waals surface area contributed by atoms with Crippen LogP contribution in [0.1, 0.15) is 6.85 Å². The minimum Gasteiger partial charge on any atom is -0.0622 e. The van der Waals surface area contributed by atoms with Crippen molar-refractivity contribution >= 4 is 23.8 Å². The molecule has 3 aromatic carbocycles. The van der Waals surface area contributed by atoms with Gasteiger partial charge in [0.1, 0.15) is 0 Å². The molecule has 3 aromatic rings. The Morgan fingerprint density at radius 2 is 1.05 bits per heavy atom. The van der Waals surface area contributed by atoms with E-state index >= 15 is 0 Å². The van der Waals surface area contributed by atoms with Crippen molar-refractivity contribution in [1.29, 1.82) is 0 Å². The summed E-state index contributed by atoms with van der Waals surface area (Å²) >= 11 is 0. The molecule has 19 heavy (non-hydrogen) atoms. The molecule has 0 bridgehead atoms. The molecule has 92 valence electrons. The van der Waals surface area contributed by atoms with Crippen molar-refractivity contribution in [3.8, 4) is 0 Å². The van der Waals surface area contributed by atoms with Gasteiger partial charge in [0.05, 0.1) is 6.85 Å². The lowest BCUT2D eigenvalue weighted by molar-refractivity contribution is 1.74. The largest absolute Gasteiger partial charge is 0.0630 e. The lowest BCUT2D eigenvalue weighted by atomic mass is 10.4. The van der Waals surface area contributed by atoms with Gasteiger partial charge in [-0.15, -0.1) is 0 Å². The highest BCUT2D eigenvalue weighted by molar-refractivity contribution is 7.79. The molecular formula is C18H15P. The van der Waals surface area contributed by atoms with Crippen LogP contribution in [0, 0.1) is 0 Å². The van der Waals surface area contributed by atoms with Gasteiger partial charge in [0.25, 0.3) is 0 Å². The van der Waals surface area contributed by atoms with Crippen molar-refractivity contribution in [3.05, 3.63) is 90.9 Å². The highest BCUT2D eigenvalue weighted by Crippen LogP contribution is 2.32. The van der Waals surface area contributed by atoms with Gasteiger partial charge in [-0.25, -0.2) is 0 Å². The van der Waals surface area contributed by atoms with E-state index in [1.807, 2.05) is 60.7 Å². The van der Waals surface area contributed by atoms with Crippen molar-refractivity contribution in [1.82, 2.24) is 0 Å². The van der Waals surface area contributed by atoms with Crippen molar-refractivity contribution in [3.63, 3.8) is 0 Å². The highest BCUT2D eigenvalue weighted by Gasteiger charge is 2.14. The van der Waals surface area contributed by atoms with Crippen LogP contribution in [0.5, 0.6) is 0 Å². The van der Waals surface area contributed by atoms with E-state index in [1.165, 1.54) is 0 Å². The van der Waals surface area contributed by atoms with Crippen LogP contribution in [-0.4, -0.2) is 0 Å². The molecule has 0 fully saturated rings. The summed E-state index contributed by atoms with van der Waals surface area (Å²) in [6, 6.07) is 18.0. The summed E-state index contributed by atoms with van der Waals surface area (Å²) in [6.45, 7) is 0. The van der Waals surface area contributed by atoms with Crippen molar-refractivity contribution in [2.75, 3.05) is 0 Å². The van der Waals surface area contributed by atoms with E-state index in [-0.39, 0.29) is 30.2 Å². The summed E-state index contributed by atoms with van der Waals surface area (Å²) in [4.78, 5) is 0. The molecular weight excluding hydrogens is 247 g/mol. The summed E-state index contributed by atoms with van der Waals surface area (Å²) in [7, 11) is -1.23. The Morgan fingerprint density at radius 1 is 0.579 bits per heavy atom. The van der Waals surface area contributed by atoms with Crippen LogP contribution in [0.4, 0.5) is 0 Å². The zero-order valence-corrected chi connectivity index (χ0v) is 11.1. The third kappa shape index (κ3) is 2.75. The van der Waals surface area contributed by atoms with Gasteiger partial charge in [-0.2, -0.15) is 0 Å². The van der Waals surface area contributed by atoms with E-state index in [9.17, 15) is 0 Å². The molecule has 0 aliphatic heterocycles. The van der Waals surface area contributed by atoms with Crippen molar-refractivity contribution in [2.45, 2.75) is 0 Å². The molecule has 1 heteroatoms. The lowest BCUT2D eigenvalue weighted by Gasteiger charge is -2.18. The molecule has 0 nitrogen and oxygen atoms in total. The van der Waals surface area contributed by atoms with Gasteiger partial charge in [-0.3, -0.25) is 0 Å². The van der Waals surface area contributed by atoms with Gasteiger partial charge in [0.2, 0.25) is 0 Å². The molecule has 0 aromatic heterocycles. The fraction of sp³-hybridized carbons (Fsp3) is 0. The summed E-state index contributed by atoms with van der Waals surface area (Å²) in [5, 5.41) is 2.28. The number of hydrogen-bond donors (Lipinski definition) is 0. The summed E-state index contributed by atoms with van der Waals surface area (Å²) < 4.78 is 40.3. The van der Waals surface area contributed by atoms with Crippen LogP contribution < -0.4 is 15.9 Å². The van der Waals surface area contributed by atoms with Gasteiger partial charge in [0, 0.05) is 0 Å². The minimum absolute atomic E-state index is 0.125.